The van der Waals surface area contributed by atoms with Gasteiger partial charge < -0.3 is 4.74 Å². The summed E-state index contributed by atoms with van der Waals surface area (Å²) >= 11 is 0. The van der Waals surface area contributed by atoms with Crippen molar-refractivity contribution in [3.8, 4) is 5.75 Å². The smallest absolute Gasteiger partial charge is 0.146 e. The van der Waals surface area contributed by atoms with Crippen LogP contribution in [0, 0.1) is 19.3 Å². The highest BCUT2D eigenvalue weighted by Crippen LogP contribution is 2.50. The van der Waals surface area contributed by atoms with Gasteiger partial charge in [-0.2, -0.15) is 0 Å². The predicted octanol–water partition coefficient (Wildman–Crippen LogP) is 3.97. The lowest BCUT2D eigenvalue weighted by molar-refractivity contribution is -0.156. The molecule has 0 radical (unpaired) electrons. The minimum absolute atomic E-state index is 0.112. The van der Waals surface area contributed by atoms with Crippen molar-refractivity contribution in [3.63, 3.8) is 0 Å². The number of ketones is 1. The molecule has 3 rings (SSSR count). The Bertz CT molecular complexity index is 498. The Labute approximate surface area is 115 Å². The maximum absolute atomic E-state index is 12.1. The zero-order valence-electron chi connectivity index (χ0n) is 11.9. The fraction of sp³-hybridized carbons (Fsp3) is 0.588. The molecule has 1 aromatic carbocycles. The number of carbonyl (C=O) groups excluding carboxylic acids is 1. The molecule has 0 saturated heterocycles. The van der Waals surface area contributed by atoms with Gasteiger partial charge in [-0.15, -0.1) is 0 Å². The van der Waals surface area contributed by atoms with Crippen LogP contribution in [0.25, 0.3) is 0 Å². The third-order valence-corrected chi connectivity index (χ3v) is 5.11. The molecule has 0 aliphatic heterocycles. The van der Waals surface area contributed by atoms with Crippen LogP contribution in [-0.2, 0) is 4.79 Å². The Kier molecular flexibility index (Phi) is 3.12. The molecule has 102 valence electrons. The average molecular weight is 258 g/mol. The fourth-order valence-electron chi connectivity index (χ4n) is 3.56. The zero-order chi connectivity index (χ0) is 13.5. The van der Waals surface area contributed by atoms with Crippen LogP contribution in [0.2, 0.25) is 0 Å². The van der Waals surface area contributed by atoms with Crippen molar-refractivity contribution >= 4 is 5.78 Å². The summed E-state index contributed by atoms with van der Waals surface area (Å²) in [7, 11) is 0. The van der Waals surface area contributed by atoms with Gasteiger partial charge in [0.25, 0.3) is 0 Å². The molecule has 0 aromatic heterocycles. The second-order valence-electron chi connectivity index (χ2n) is 6.15. The summed E-state index contributed by atoms with van der Waals surface area (Å²) < 4.78 is 6.20. The largest absolute Gasteiger partial charge is 0.489 e. The van der Waals surface area contributed by atoms with E-state index in [2.05, 4.69) is 19.9 Å². The van der Waals surface area contributed by atoms with Crippen molar-refractivity contribution in [2.45, 2.75) is 58.5 Å². The van der Waals surface area contributed by atoms with E-state index in [-0.39, 0.29) is 11.5 Å². The molecule has 2 heteroatoms. The van der Waals surface area contributed by atoms with Crippen molar-refractivity contribution in [2.24, 2.45) is 5.41 Å². The highest BCUT2D eigenvalue weighted by Gasteiger charge is 2.56. The van der Waals surface area contributed by atoms with Gasteiger partial charge in [-0.05, 0) is 43.9 Å². The predicted molar refractivity (Wildman–Crippen MR) is 75.5 cm³/mol. The van der Waals surface area contributed by atoms with Crippen molar-refractivity contribution in [2.75, 3.05) is 0 Å². The van der Waals surface area contributed by atoms with Crippen LogP contribution < -0.4 is 4.74 Å². The first-order chi connectivity index (χ1) is 9.13. The first-order valence-corrected chi connectivity index (χ1v) is 7.40. The Hall–Kier alpha value is -1.31. The lowest BCUT2D eigenvalue weighted by Crippen LogP contribution is -2.57. The van der Waals surface area contributed by atoms with Gasteiger partial charge in [0.05, 0.1) is 5.41 Å². The summed E-state index contributed by atoms with van der Waals surface area (Å²) in [5.41, 5.74) is 2.31. The van der Waals surface area contributed by atoms with E-state index in [1.54, 1.807) is 0 Å². The molecule has 0 heterocycles. The van der Waals surface area contributed by atoms with Gasteiger partial charge in [0.1, 0.15) is 17.6 Å². The molecule has 0 bridgehead atoms. The van der Waals surface area contributed by atoms with Crippen molar-refractivity contribution < 1.29 is 9.53 Å². The van der Waals surface area contributed by atoms with Gasteiger partial charge in [0.2, 0.25) is 0 Å². The highest BCUT2D eigenvalue weighted by atomic mass is 16.5. The van der Waals surface area contributed by atoms with Crippen LogP contribution in [0.3, 0.4) is 0 Å². The topological polar surface area (TPSA) is 26.3 Å². The van der Waals surface area contributed by atoms with Crippen molar-refractivity contribution in [1.82, 2.24) is 0 Å². The van der Waals surface area contributed by atoms with E-state index in [0.29, 0.717) is 12.2 Å². The number of ether oxygens (including phenoxy) is 1. The number of carbonyl (C=O) groups is 1. The van der Waals surface area contributed by atoms with Gasteiger partial charge in [-0.3, -0.25) is 4.79 Å². The lowest BCUT2D eigenvalue weighted by Gasteiger charge is -2.49. The van der Waals surface area contributed by atoms with E-state index in [9.17, 15) is 4.79 Å². The highest BCUT2D eigenvalue weighted by molar-refractivity contribution is 5.92. The summed E-state index contributed by atoms with van der Waals surface area (Å²) in [6.45, 7) is 4.20. The van der Waals surface area contributed by atoms with E-state index in [1.165, 1.54) is 30.4 Å². The molecule has 19 heavy (non-hydrogen) atoms. The van der Waals surface area contributed by atoms with E-state index < -0.39 is 0 Å². The summed E-state index contributed by atoms with van der Waals surface area (Å²) in [6.07, 6.45) is 6.40. The fourth-order valence-corrected chi connectivity index (χ4v) is 3.56. The first-order valence-electron chi connectivity index (χ1n) is 7.40. The van der Waals surface area contributed by atoms with E-state index in [4.69, 9.17) is 4.74 Å². The van der Waals surface area contributed by atoms with Crippen LogP contribution in [0.1, 0.15) is 49.7 Å². The molecule has 1 atom stereocenters. The van der Waals surface area contributed by atoms with E-state index >= 15 is 0 Å². The maximum Gasteiger partial charge on any atom is 0.146 e. The van der Waals surface area contributed by atoms with Gasteiger partial charge in [-0.1, -0.05) is 31.4 Å². The van der Waals surface area contributed by atoms with Crippen molar-refractivity contribution in [1.29, 1.82) is 0 Å². The molecule has 2 nitrogen and oxygen atoms in total. The average Bonchev–Trinajstić information content (AvgIpc) is 2.44. The molecule has 2 saturated carbocycles. The molecule has 1 aromatic rings. The number of benzene rings is 1. The zero-order valence-corrected chi connectivity index (χ0v) is 11.9. The van der Waals surface area contributed by atoms with Crippen LogP contribution in [0.15, 0.2) is 18.2 Å². The van der Waals surface area contributed by atoms with Crippen LogP contribution in [-0.4, -0.2) is 11.9 Å². The number of aryl methyl sites for hydroxylation is 1. The second-order valence-corrected chi connectivity index (χ2v) is 6.15. The first kappa shape index (κ1) is 12.7. The quantitative estimate of drug-likeness (QED) is 0.802. The normalized spacial score (nSPS) is 25.2. The summed E-state index contributed by atoms with van der Waals surface area (Å²) in [4.78, 5) is 12.1. The van der Waals surface area contributed by atoms with Gasteiger partial charge in [0.15, 0.2) is 0 Å². The Morgan fingerprint density at radius 3 is 2.58 bits per heavy atom. The van der Waals surface area contributed by atoms with Crippen LogP contribution >= 0.6 is 0 Å². The minimum atomic E-state index is -0.144. The van der Waals surface area contributed by atoms with Gasteiger partial charge in [0, 0.05) is 6.42 Å². The minimum Gasteiger partial charge on any atom is -0.489 e. The standard InChI is InChI=1S/C17H22O2/c1-12-7-6-8-14(13(12)2)19-16-11-15(18)17(16)9-4-3-5-10-17/h6-8,16H,3-5,9-11H2,1-2H3. The summed E-state index contributed by atoms with van der Waals surface area (Å²) in [6, 6.07) is 6.16. The van der Waals surface area contributed by atoms with E-state index in [1.807, 2.05) is 12.1 Å². The Balaban J connectivity index is 1.80. The Morgan fingerprint density at radius 1 is 1.16 bits per heavy atom. The lowest BCUT2D eigenvalue weighted by atomic mass is 9.57. The maximum atomic E-state index is 12.1. The molecule has 0 N–H and O–H groups in total. The SMILES string of the molecule is Cc1cccc(OC2CC(=O)C23CCCCC3)c1C. The number of Topliss-reactive ketones (excluding diaryl/α,β-unsaturated/α-hetero) is 1. The van der Waals surface area contributed by atoms with Gasteiger partial charge in [-0.25, -0.2) is 0 Å². The van der Waals surface area contributed by atoms with Crippen LogP contribution in [0.4, 0.5) is 0 Å². The number of hydrogen-bond acceptors (Lipinski definition) is 2. The molecule has 1 unspecified atom stereocenters. The van der Waals surface area contributed by atoms with Crippen LogP contribution in [0.5, 0.6) is 5.75 Å². The molecular weight excluding hydrogens is 236 g/mol. The molecule has 2 fully saturated rings. The molecule has 1 spiro atoms. The number of rotatable bonds is 2. The number of hydrogen-bond donors (Lipinski definition) is 0. The molecule has 2 aliphatic rings. The monoisotopic (exact) mass is 258 g/mol. The van der Waals surface area contributed by atoms with E-state index in [0.717, 1.165) is 18.6 Å². The second kappa shape index (κ2) is 4.66. The third kappa shape index (κ3) is 1.98. The van der Waals surface area contributed by atoms with Gasteiger partial charge >= 0.3 is 0 Å². The summed E-state index contributed by atoms with van der Waals surface area (Å²) in [5.74, 6) is 1.39. The third-order valence-electron chi connectivity index (χ3n) is 5.11. The molecule has 0 amide bonds. The Morgan fingerprint density at radius 2 is 1.89 bits per heavy atom. The van der Waals surface area contributed by atoms with Crippen molar-refractivity contribution in [3.05, 3.63) is 29.3 Å². The molecule has 2 aliphatic carbocycles. The summed E-state index contributed by atoms with van der Waals surface area (Å²) in [5, 5.41) is 0. The molecular formula is C17H22O2.